The molecule has 0 atom stereocenters. The maximum Gasteiger partial charge on any atom is 0.146 e. The van der Waals surface area contributed by atoms with Gasteiger partial charge in [0.1, 0.15) is 5.84 Å². The Morgan fingerprint density at radius 1 is 1.88 bits per heavy atom. The number of halogens is 1. The number of hydrazone groups is 1. The monoisotopic (exact) mass is 132 g/mol. The first-order valence-corrected chi connectivity index (χ1v) is 2.35. The highest BCUT2D eigenvalue weighted by Gasteiger charge is 1.95. The SMILES string of the molecule is NC1=NNN(Cl)C=C1. The normalized spacial score (nSPS) is 17.6. The van der Waals surface area contributed by atoms with Gasteiger partial charge in [-0.05, 0) is 0 Å². The van der Waals surface area contributed by atoms with Gasteiger partial charge < -0.3 is 5.73 Å². The molecular weight excluding hydrogens is 128 g/mol. The maximum atomic E-state index is 5.35. The first-order chi connectivity index (χ1) is 3.79. The summed E-state index contributed by atoms with van der Waals surface area (Å²) in [6.45, 7) is 0. The highest BCUT2D eigenvalue weighted by atomic mass is 35.5. The fourth-order valence-corrected chi connectivity index (χ4v) is 0.412. The molecule has 0 radical (unpaired) electrons. The van der Waals surface area contributed by atoms with Crippen LogP contribution >= 0.6 is 11.8 Å². The van der Waals surface area contributed by atoms with E-state index in [0.29, 0.717) is 5.84 Å². The number of rotatable bonds is 0. The van der Waals surface area contributed by atoms with Gasteiger partial charge in [-0.15, -0.1) is 5.10 Å². The van der Waals surface area contributed by atoms with Gasteiger partial charge in [-0.1, -0.05) is 0 Å². The van der Waals surface area contributed by atoms with Crippen molar-refractivity contribution in [2.24, 2.45) is 10.8 Å². The number of nitrogens with one attached hydrogen (secondary N) is 1. The zero-order valence-corrected chi connectivity index (χ0v) is 4.76. The average Bonchev–Trinajstić information content (AvgIpc) is 1.77. The van der Waals surface area contributed by atoms with Gasteiger partial charge in [-0.2, -0.15) is 4.53 Å². The van der Waals surface area contributed by atoms with Gasteiger partial charge >= 0.3 is 0 Å². The number of nitrogens with zero attached hydrogens (tertiary/aromatic N) is 2. The minimum absolute atomic E-state index is 0.418. The van der Waals surface area contributed by atoms with Crippen molar-refractivity contribution >= 4 is 17.6 Å². The van der Waals surface area contributed by atoms with E-state index in [2.05, 4.69) is 10.6 Å². The van der Waals surface area contributed by atoms with Crippen molar-refractivity contribution in [3.8, 4) is 0 Å². The molecule has 0 saturated carbocycles. The van der Waals surface area contributed by atoms with Crippen molar-refractivity contribution in [2.45, 2.75) is 0 Å². The van der Waals surface area contributed by atoms with Gasteiger partial charge in [0.25, 0.3) is 0 Å². The molecule has 0 unspecified atom stereocenters. The summed E-state index contributed by atoms with van der Waals surface area (Å²) in [4.78, 5) is 0. The molecule has 0 amide bonds. The Balaban J connectivity index is 2.58. The molecule has 8 heavy (non-hydrogen) atoms. The molecule has 0 fully saturated rings. The van der Waals surface area contributed by atoms with E-state index in [0.717, 1.165) is 0 Å². The molecule has 4 nitrogen and oxygen atoms in total. The maximum absolute atomic E-state index is 5.35. The molecular formula is C3H5ClN4. The second-order valence-electron chi connectivity index (χ2n) is 1.26. The summed E-state index contributed by atoms with van der Waals surface area (Å²) in [5.41, 5.74) is 7.62. The lowest BCUT2D eigenvalue weighted by atomic mass is 10.6. The molecule has 0 aromatic carbocycles. The van der Waals surface area contributed by atoms with Crippen molar-refractivity contribution in [3.63, 3.8) is 0 Å². The lowest BCUT2D eigenvalue weighted by Gasteiger charge is -2.11. The predicted molar refractivity (Wildman–Crippen MR) is 31.6 cm³/mol. The number of nitrogens with two attached hydrogens (primary N) is 1. The van der Waals surface area contributed by atoms with Crippen molar-refractivity contribution in [1.29, 1.82) is 0 Å². The first-order valence-electron chi connectivity index (χ1n) is 2.01. The summed E-state index contributed by atoms with van der Waals surface area (Å²) >= 11 is 5.35. The zero-order chi connectivity index (χ0) is 5.98. The molecule has 0 aromatic rings. The van der Waals surface area contributed by atoms with Crippen LogP contribution in [0.2, 0.25) is 0 Å². The van der Waals surface area contributed by atoms with Crippen molar-refractivity contribution in [1.82, 2.24) is 10.1 Å². The lowest BCUT2D eigenvalue weighted by Crippen LogP contribution is -2.27. The van der Waals surface area contributed by atoms with E-state index in [1.54, 1.807) is 12.3 Å². The number of hydrazine groups is 1. The van der Waals surface area contributed by atoms with Crippen LogP contribution in [0.3, 0.4) is 0 Å². The Morgan fingerprint density at radius 2 is 2.62 bits per heavy atom. The minimum Gasteiger partial charge on any atom is -0.382 e. The summed E-state index contributed by atoms with van der Waals surface area (Å²) in [6.07, 6.45) is 3.15. The first kappa shape index (κ1) is 5.24. The third-order valence-electron chi connectivity index (χ3n) is 0.651. The molecule has 1 aliphatic heterocycles. The van der Waals surface area contributed by atoms with E-state index in [1.807, 2.05) is 0 Å². The molecule has 0 bridgehead atoms. The summed E-state index contributed by atoms with van der Waals surface area (Å²) in [5, 5.41) is 3.56. The molecule has 1 heterocycles. The molecule has 5 heteroatoms. The molecule has 0 saturated heterocycles. The van der Waals surface area contributed by atoms with Crippen LogP contribution in [0.1, 0.15) is 0 Å². The van der Waals surface area contributed by atoms with Crippen LogP contribution < -0.4 is 11.3 Å². The molecule has 1 rings (SSSR count). The van der Waals surface area contributed by atoms with E-state index >= 15 is 0 Å². The zero-order valence-electron chi connectivity index (χ0n) is 4.00. The standard InChI is InChI=1S/C3H5ClN4/c4-8-2-1-3(5)6-7-8/h1-2,7H,(H2,5,6). The highest BCUT2D eigenvalue weighted by Crippen LogP contribution is 1.93. The van der Waals surface area contributed by atoms with E-state index in [4.69, 9.17) is 17.5 Å². The quantitative estimate of drug-likeness (QED) is 0.447. The Morgan fingerprint density at radius 3 is 3.00 bits per heavy atom. The van der Waals surface area contributed by atoms with E-state index in [9.17, 15) is 0 Å². The number of hydrogen-bond acceptors (Lipinski definition) is 4. The van der Waals surface area contributed by atoms with E-state index in [1.165, 1.54) is 4.53 Å². The topological polar surface area (TPSA) is 53.6 Å². The molecule has 0 aliphatic carbocycles. The third-order valence-corrected chi connectivity index (χ3v) is 0.839. The van der Waals surface area contributed by atoms with Crippen molar-refractivity contribution in [3.05, 3.63) is 12.3 Å². The van der Waals surface area contributed by atoms with Crippen molar-refractivity contribution < 1.29 is 0 Å². The summed E-state index contributed by atoms with van der Waals surface area (Å²) in [5.74, 6) is 0.418. The lowest BCUT2D eigenvalue weighted by molar-refractivity contribution is 0.449. The predicted octanol–water partition coefficient (Wildman–Crippen LogP) is -0.254. The van der Waals surface area contributed by atoms with Crippen LogP contribution in [0.25, 0.3) is 0 Å². The summed E-state index contributed by atoms with van der Waals surface area (Å²) < 4.78 is 1.18. The van der Waals surface area contributed by atoms with Gasteiger partial charge in [0.15, 0.2) is 0 Å². The van der Waals surface area contributed by atoms with Crippen LogP contribution in [0, 0.1) is 0 Å². The average molecular weight is 133 g/mol. The van der Waals surface area contributed by atoms with Crippen LogP contribution in [0.4, 0.5) is 0 Å². The Labute approximate surface area is 51.7 Å². The molecule has 44 valence electrons. The summed E-state index contributed by atoms with van der Waals surface area (Å²) in [7, 11) is 0. The Hall–Kier alpha value is -0.900. The fraction of sp³-hybridized carbons (Fsp3) is 0. The van der Waals surface area contributed by atoms with Gasteiger partial charge in [-0.25, -0.2) is 5.53 Å². The van der Waals surface area contributed by atoms with Crippen LogP contribution in [0.15, 0.2) is 17.4 Å². The van der Waals surface area contributed by atoms with Crippen LogP contribution in [0.5, 0.6) is 0 Å². The van der Waals surface area contributed by atoms with Gasteiger partial charge in [0.2, 0.25) is 0 Å². The minimum atomic E-state index is 0.418. The smallest absolute Gasteiger partial charge is 0.146 e. The van der Waals surface area contributed by atoms with E-state index in [-0.39, 0.29) is 0 Å². The second-order valence-corrected chi connectivity index (χ2v) is 1.63. The highest BCUT2D eigenvalue weighted by molar-refractivity contribution is 6.14. The molecule has 0 spiro atoms. The Bertz CT molecular complexity index is 140. The third kappa shape index (κ3) is 1.04. The molecule has 3 N–H and O–H groups in total. The molecule has 0 aromatic heterocycles. The van der Waals surface area contributed by atoms with Crippen LogP contribution in [-0.4, -0.2) is 10.4 Å². The summed E-state index contributed by atoms with van der Waals surface area (Å²) in [6, 6.07) is 0. The van der Waals surface area contributed by atoms with Gasteiger partial charge in [-0.3, -0.25) is 0 Å². The largest absolute Gasteiger partial charge is 0.382 e. The fourth-order valence-electron chi connectivity index (χ4n) is 0.318. The molecule has 1 aliphatic rings. The van der Waals surface area contributed by atoms with Gasteiger partial charge in [0.05, 0.1) is 0 Å². The van der Waals surface area contributed by atoms with Gasteiger partial charge in [0, 0.05) is 24.1 Å². The van der Waals surface area contributed by atoms with E-state index < -0.39 is 0 Å². The Kier molecular flexibility index (Phi) is 1.26. The van der Waals surface area contributed by atoms with Crippen molar-refractivity contribution in [2.75, 3.05) is 0 Å². The van der Waals surface area contributed by atoms with Crippen LogP contribution in [-0.2, 0) is 0 Å². The number of hydrogen-bond donors (Lipinski definition) is 2. The number of amidine groups is 1. The second kappa shape index (κ2) is 1.92.